The second-order valence-corrected chi connectivity index (χ2v) is 6.34. The largest absolute Gasteiger partial charge is 0.375 e. The minimum Gasteiger partial charge on any atom is -0.375 e. The van der Waals surface area contributed by atoms with Gasteiger partial charge in [0.05, 0.1) is 23.4 Å². The number of aromatic nitrogens is 1. The Morgan fingerprint density at radius 2 is 2.13 bits per heavy atom. The molecule has 0 aliphatic carbocycles. The van der Waals surface area contributed by atoms with E-state index in [4.69, 9.17) is 4.74 Å². The molecular formula is C17H24N4OS. The zero-order valence-electron chi connectivity index (χ0n) is 14.1. The van der Waals surface area contributed by atoms with E-state index in [1.54, 1.807) is 25.5 Å². The third-order valence-corrected chi connectivity index (χ3v) is 4.36. The van der Waals surface area contributed by atoms with Crippen LogP contribution in [-0.4, -0.2) is 43.6 Å². The Hall–Kier alpha value is -1.92. The van der Waals surface area contributed by atoms with Crippen LogP contribution in [0.5, 0.6) is 0 Å². The Balaban J connectivity index is 1.93. The highest BCUT2D eigenvalue weighted by atomic mass is 32.1. The third-order valence-electron chi connectivity index (χ3n) is 3.54. The zero-order chi connectivity index (χ0) is 16.7. The number of nitrogens with one attached hydrogen (secondary N) is 1. The molecule has 1 heterocycles. The Bertz CT molecular complexity index is 627. The average molecular weight is 332 g/mol. The summed E-state index contributed by atoms with van der Waals surface area (Å²) < 4.78 is 5.59. The van der Waals surface area contributed by atoms with Gasteiger partial charge in [0.1, 0.15) is 0 Å². The van der Waals surface area contributed by atoms with Gasteiger partial charge in [-0.15, -0.1) is 11.3 Å². The zero-order valence-corrected chi connectivity index (χ0v) is 14.9. The molecule has 0 saturated heterocycles. The topological polar surface area (TPSA) is 49.8 Å². The van der Waals surface area contributed by atoms with Crippen molar-refractivity contribution < 1.29 is 4.74 Å². The number of nitrogens with zero attached hydrogens (tertiary/aromatic N) is 3. The first-order valence-electron chi connectivity index (χ1n) is 7.54. The van der Waals surface area contributed by atoms with Gasteiger partial charge >= 0.3 is 0 Å². The SMILES string of the molecule is CN=C(NCC(OC)c1ccccc1)N(C)Cc1csc(C)n1. The number of hydrogen-bond donors (Lipinski definition) is 1. The van der Waals surface area contributed by atoms with Crippen molar-refractivity contribution in [2.45, 2.75) is 19.6 Å². The quantitative estimate of drug-likeness (QED) is 0.653. The van der Waals surface area contributed by atoms with Crippen LogP contribution in [-0.2, 0) is 11.3 Å². The Morgan fingerprint density at radius 1 is 1.39 bits per heavy atom. The van der Waals surface area contributed by atoms with Gasteiger partial charge in [-0.3, -0.25) is 4.99 Å². The minimum absolute atomic E-state index is 0.0112. The van der Waals surface area contributed by atoms with Crippen LogP contribution in [0.4, 0.5) is 0 Å². The van der Waals surface area contributed by atoms with E-state index in [0.717, 1.165) is 28.8 Å². The molecule has 2 aromatic rings. The summed E-state index contributed by atoms with van der Waals surface area (Å²) in [6.45, 7) is 3.41. The number of aryl methyl sites for hydroxylation is 1. The van der Waals surface area contributed by atoms with Gasteiger partial charge in [-0.25, -0.2) is 4.98 Å². The number of ether oxygens (including phenoxy) is 1. The van der Waals surface area contributed by atoms with E-state index in [0.29, 0.717) is 6.54 Å². The average Bonchev–Trinajstić information content (AvgIpc) is 2.97. The van der Waals surface area contributed by atoms with Crippen LogP contribution in [0, 0.1) is 6.92 Å². The van der Waals surface area contributed by atoms with Crippen LogP contribution >= 0.6 is 11.3 Å². The molecule has 0 amide bonds. The van der Waals surface area contributed by atoms with Gasteiger partial charge in [0, 0.05) is 33.1 Å². The van der Waals surface area contributed by atoms with E-state index in [1.165, 1.54) is 0 Å². The molecule has 6 heteroatoms. The van der Waals surface area contributed by atoms with E-state index >= 15 is 0 Å². The summed E-state index contributed by atoms with van der Waals surface area (Å²) in [7, 11) is 5.52. The maximum atomic E-state index is 5.59. The summed E-state index contributed by atoms with van der Waals surface area (Å²) in [5.74, 6) is 0.827. The Labute approximate surface area is 142 Å². The molecule has 2 rings (SSSR count). The van der Waals surface area contributed by atoms with E-state index in [-0.39, 0.29) is 6.10 Å². The maximum absolute atomic E-state index is 5.59. The highest BCUT2D eigenvalue weighted by molar-refractivity contribution is 7.09. The van der Waals surface area contributed by atoms with Gasteiger partial charge in [-0.2, -0.15) is 0 Å². The second-order valence-electron chi connectivity index (χ2n) is 5.28. The molecule has 0 aliphatic rings. The summed E-state index contributed by atoms with van der Waals surface area (Å²) in [6, 6.07) is 10.2. The molecule has 0 fully saturated rings. The summed E-state index contributed by atoms with van der Waals surface area (Å²) in [5, 5.41) is 6.54. The Kier molecular flexibility index (Phi) is 6.55. The van der Waals surface area contributed by atoms with Gasteiger partial charge in [0.2, 0.25) is 0 Å². The normalized spacial score (nSPS) is 13.0. The number of benzene rings is 1. The molecule has 0 bridgehead atoms. The maximum Gasteiger partial charge on any atom is 0.193 e. The lowest BCUT2D eigenvalue weighted by Gasteiger charge is -2.24. The Morgan fingerprint density at radius 3 is 2.70 bits per heavy atom. The van der Waals surface area contributed by atoms with Gasteiger partial charge < -0.3 is 15.0 Å². The smallest absolute Gasteiger partial charge is 0.193 e. The summed E-state index contributed by atoms with van der Waals surface area (Å²) in [4.78, 5) is 10.9. The summed E-state index contributed by atoms with van der Waals surface area (Å²) in [5.41, 5.74) is 2.21. The van der Waals surface area contributed by atoms with Gasteiger partial charge in [-0.1, -0.05) is 30.3 Å². The van der Waals surface area contributed by atoms with Crippen molar-refractivity contribution in [2.24, 2.45) is 4.99 Å². The molecule has 0 radical (unpaired) electrons. The monoisotopic (exact) mass is 332 g/mol. The van der Waals surface area contributed by atoms with Crippen molar-refractivity contribution in [2.75, 3.05) is 27.7 Å². The fraction of sp³-hybridized carbons (Fsp3) is 0.412. The standard InChI is InChI=1S/C17H24N4OS/c1-13-20-15(12-23-13)11-21(3)17(18-2)19-10-16(22-4)14-8-6-5-7-9-14/h5-9,12,16H,10-11H2,1-4H3,(H,18,19). The molecule has 5 nitrogen and oxygen atoms in total. The summed E-state index contributed by atoms with van der Waals surface area (Å²) in [6.07, 6.45) is -0.0112. The molecule has 124 valence electrons. The molecule has 1 N–H and O–H groups in total. The number of guanidine groups is 1. The van der Waals surface area contributed by atoms with Crippen molar-refractivity contribution in [3.63, 3.8) is 0 Å². The number of rotatable bonds is 6. The third kappa shape index (κ3) is 5.04. The molecule has 1 unspecified atom stereocenters. The van der Waals surface area contributed by atoms with E-state index in [2.05, 4.69) is 37.7 Å². The second kappa shape index (κ2) is 8.64. The van der Waals surface area contributed by atoms with Crippen LogP contribution in [0.25, 0.3) is 0 Å². The van der Waals surface area contributed by atoms with Gasteiger partial charge in [0.15, 0.2) is 5.96 Å². The van der Waals surface area contributed by atoms with Crippen molar-refractivity contribution in [3.8, 4) is 0 Å². The predicted molar refractivity (Wildman–Crippen MR) is 95.9 cm³/mol. The van der Waals surface area contributed by atoms with Crippen LogP contribution in [0.3, 0.4) is 0 Å². The fourth-order valence-electron chi connectivity index (χ4n) is 2.37. The first kappa shape index (κ1) is 17.4. The van der Waals surface area contributed by atoms with Crippen molar-refractivity contribution in [1.29, 1.82) is 0 Å². The molecule has 1 aromatic heterocycles. The fourth-order valence-corrected chi connectivity index (χ4v) is 2.98. The first-order valence-corrected chi connectivity index (χ1v) is 8.42. The number of aliphatic imine (C=N–C) groups is 1. The predicted octanol–water partition coefficient (Wildman–Crippen LogP) is 2.85. The van der Waals surface area contributed by atoms with Crippen molar-refractivity contribution in [1.82, 2.24) is 15.2 Å². The molecule has 0 spiro atoms. The van der Waals surface area contributed by atoms with Crippen molar-refractivity contribution >= 4 is 17.3 Å². The number of thiazole rings is 1. The molecular weight excluding hydrogens is 308 g/mol. The van der Waals surface area contributed by atoms with Crippen LogP contribution in [0.15, 0.2) is 40.7 Å². The van der Waals surface area contributed by atoms with E-state index in [1.807, 2.05) is 32.2 Å². The van der Waals surface area contributed by atoms with Gasteiger partial charge in [0.25, 0.3) is 0 Å². The minimum atomic E-state index is -0.0112. The lowest BCUT2D eigenvalue weighted by atomic mass is 10.1. The van der Waals surface area contributed by atoms with Crippen LogP contribution < -0.4 is 5.32 Å². The molecule has 0 saturated carbocycles. The van der Waals surface area contributed by atoms with E-state index in [9.17, 15) is 0 Å². The lowest BCUT2D eigenvalue weighted by molar-refractivity contribution is 0.106. The van der Waals surface area contributed by atoms with Crippen LogP contribution in [0.2, 0.25) is 0 Å². The van der Waals surface area contributed by atoms with Crippen LogP contribution in [0.1, 0.15) is 22.4 Å². The highest BCUT2D eigenvalue weighted by Gasteiger charge is 2.13. The number of hydrogen-bond acceptors (Lipinski definition) is 4. The van der Waals surface area contributed by atoms with Crippen molar-refractivity contribution in [3.05, 3.63) is 52.0 Å². The number of methoxy groups -OCH3 is 1. The van der Waals surface area contributed by atoms with Gasteiger partial charge in [-0.05, 0) is 12.5 Å². The van der Waals surface area contributed by atoms with E-state index < -0.39 is 0 Å². The molecule has 0 aliphatic heterocycles. The molecule has 23 heavy (non-hydrogen) atoms. The molecule has 1 atom stereocenters. The first-order chi connectivity index (χ1) is 11.1. The molecule has 1 aromatic carbocycles. The lowest BCUT2D eigenvalue weighted by Crippen LogP contribution is -2.40. The highest BCUT2D eigenvalue weighted by Crippen LogP contribution is 2.15. The summed E-state index contributed by atoms with van der Waals surface area (Å²) >= 11 is 1.67.